The van der Waals surface area contributed by atoms with E-state index in [-0.39, 0.29) is 0 Å². The third-order valence-electron chi connectivity index (χ3n) is 2.75. The van der Waals surface area contributed by atoms with Crippen molar-refractivity contribution in [1.82, 2.24) is 0 Å². The Bertz CT molecular complexity index is 278. The van der Waals surface area contributed by atoms with Crippen molar-refractivity contribution in [3.05, 3.63) is 30.3 Å². The molecule has 0 fully saturated rings. The molecule has 3 nitrogen and oxygen atoms in total. The van der Waals surface area contributed by atoms with Gasteiger partial charge in [0, 0.05) is 26.5 Å². The van der Waals surface area contributed by atoms with Crippen LogP contribution in [0.1, 0.15) is 19.3 Å². The SMILES string of the molecule is CO[SiH](CCCCCNc1ccccc1)OC. The number of anilines is 1. The van der Waals surface area contributed by atoms with E-state index in [4.69, 9.17) is 8.85 Å². The van der Waals surface area contributed by atoms with Gasteiger partial charge in [-0.2, -0.15) is 0 Å². The van der Waals surface area contributed by atoms with E-state index in [0.29, 0.717) is 0 Å². The highest BCUT2D eigenvalue weighted by Gasteiger charge is 2.07. The van der Waals surface area contributed by atoms with Crippen LogP contribution in [0.2, 0.25) is 6.04 Å². The van der Waals surface area contributed by atoms with E-state index < -0.39 is 9.28 Å². The van der Waals surface area contributed by atoms with Crippen molar-refractivity contribution in [1.29, 1.82) is 0 Å². The fourth-order valence-corrected chi connectivity index (χ4v) is 3.02. The second kappa shape index (κ2) is 9.21. The highest BCUT2D eigenvalue weighted by atomic mass is 28.3. The summed E-state index contributed by atoms with van der Waals surface area (Å²) in [5, 5.41) is 3.41. The number of hydrogen-bond donors (Lipinski definition) is 1. The summed E-state index contributed by atoms with van der Waals surface area (Å²) in [5.74, 6) is 0. The maximum atomic E-state index is 5.28. The van der Waals surface area contributed by atoms with Crippen molar-refractivity contribution in [2.24, 2.45) is 0 Å². The summed E-state index contributed by atoms with van der Waals surface area (Å²) in [6, 6.07) is 11.4. The van der Waals surface area contributed by atoms with Crippen LogP contribution in [-0.2, 0) is 8.85 Å². The van der Waals surface area contributed by atoms with Crippen molar-refractivity contribution < 1.29 is 8.85 Å². The number of nitrogens with one attached hydrogen (secondary N) is 1. The van der Waals surface area contributed by atoms with Crippen LogP contribution in [0.5, 0.6) is 0 Å². The van der Waals surface area contributed by atoms with Crippen molar-refractivity contribution in [2.45, 2.75) is 25.3 Å². The van der Waals surface area contributed by atoms with E-state index in [1.54, 1.807) is 14.2 Å². The summed E-state index contributed by atoms with van der Waals surface area (Å²) >= 11 is 0. The molecule has 0 aromatic heterocycles. The third-order valence-corrected chi connectivity index (χ3v) is 4.68. The predicted molar refractivity (Wildman–Crippen MR) is 74.8 cm³/mol. The van der Waals surface area contributed by atoms with Crippen LogP contribution in [0.15, 0.2) is 30.3 Å². The van der Waals surface area contributed by atoms with E-state index in [1.807, 2.05) is 6.07 Å². The van der Waals surface area contributed by atoms with Gasteiger partial charge in [-0.25, -0.2) is 0 Å². The molecule has 17 heavy (non-hydrogen) atoms. The zero-order chi connectivity index (χ0) is 12.3. The van der Waals surface area contributed by atoms with E-state index in [1.165, 1.54) is 24.9 Å². The predicted octanol–water partition coefficient (Wildman–Crippen LogP) is 2.78. The van der Waals surface area contributed by atoms with Gasteiger partial charge in [0.15, 0.2) is 0 Å². The molecule has 0 atom stereocenters. The van der Waals surface area contributed by atoms with Crippen molar-refractivity contribution in [3.63, 3.8) is 0 Å². The number of para-hydroxylation sites is 1. The van der Waals surface area contributed by atoms with Gasteiger partial charge in [0.25, 0.3) is 0 Å². The highest BCUT2D eigenvalue weighted by molar-refractivity contribution is 6.44. The third kappa shape index (κ3) is 6.46. The molecule has 0 radical (unpaired) electrons. The lowest BCUT2D eigenvalue weighted by Crippen LogP contribution is -2.18. The maximum absolute atomic E-state index is 5.28. The molecular formula is C13H23NO2Si. The van der Waals surface area contributed by atoms with Crippen LogP contribution in [0.4, 0.5) is 5.69 Å². The first-order valence-corrected chi connectivity index (χ1v) is 7.97. The second-order valence-corrected chi connectivity index (χ2v) is 6.42. The Morgan fingerprint density at radius 3 is 2.35 bits per heavy atom. The Morgan fingerprint density at radius 2 is 1.71 bits per heavy atom. The van der Waals surface area contributed by atoms with E-state index in [0.717, 1.165) is 12.6 Å². The summed E-state index contributed by atoms with van der Waals surface area (Å²) in [5.41, 5.74) is 1.20. The molecular weight excluding hydrogens is 230 g/mol. The van der Waals surface area contributed by atoms with Gasteiger partial charge in [-0.3, -0.25) is 0 Å². The van der Waals surface area contributed by atoms with E-state index in [9.17, 15) is 0 Å². The van der Waals surface area contributed by atoms with Crippen LogP contribution in [0, 0.1) is 0 Å². The molecule has 1 rings (SSSR count). The van der Waals surface area contributed by atoms with Gasteiger partial charge >= 0.3 is 9.28 Å². The highest BCUT2D eigenvalue weighted by Crippen LogP contribution is 2.08. The molecule has 1 N–H and O–H groups in total. The Labute approximate surface area is 106 Å². The van der Waals surface area contributed by atoms with Crippen LogP contribution < -0.4 is 5.32 Å². The fraction of sp³-hybridized carbons (Fsp3) is 0.538. The molecule has 0 aliphatic rings. The van der Waals surface area contributed by atoms with Crippen LogP contribution in [0.25, 0.3) is 0 Å². The molecule has 0 bridgehead atoms. The minimum absolute atomic E-state index is 1.04. The molecule has 0 saturated carbocycles. The minimum atomic E-state index is -1.32. The Balaban J connectivity index is 1.98. The molecule has 0 heterocycles. The summed E-state index contributed by atoms with van der Waals surface area (Å²) in [4.78, 5) is 0. The number of unbranched alkanes of at least 4 members (excludes halogenated alkanes) is 2. The van der Waals surface area contributed by atoms with E-state index >= 15 is 0 Å². The lowest BCUT2D eigenvalue weighted by atomic mass is 10.2. The first-order chi connectivity index (χ1) is 8.36. The zero-order valence-corrected chi connectivity index (χ0v) is 12.0. The monoisotopic (exact) mass is 253 g/mol. The molecule has 1 aromatic rings. The standard InChI is InChI=1S/C13H23NO2Si/c1-15-17(16-2)12-8-4-7-11-14-13-9-5-3-6-10-13/h3,5-6,9-10,14,17H,4,7-8,11-12H2,1-2H3. The average molecular weight is 253 g/mol. The van der Waals surface area contributed by atoms with Gasteiger partial charge in [0.2, 0.25) is 0 Å². The van der Waals surface area contributed by atoms with Gasteiger partial charge < -0.3 is 14.2 Å². The molecule has 0 amide bonds. The quantitative estimate of drug-likeness (QED) is 0.542. The van der Waals surface area contributed by atoms with Crippen LogP contribution >= 0.6 is 0 Å². The Hall–Kier alpha value is -0.843. The van der Waals surface area contributed by atoms with Gasteiger partial charge in [-0.05, 0) is 24.6 Å². The first kappa shape index (κ1) is 14.2. The Morgan fingerprint density at radius 1 is 1.00 bits per heavy atom. The number of rotatable bonds is 9. The Kier molecular flexibility index (Phi) is 7.71. The lowest BCUT2D eigenvalue weighted by Gasteiger charge is -2.10. The summed E-state index contributed by atoms with van der Waals surface area (Å²) in [6.07, 6.45) is 3.63. The van der Waals surface area contributed by atoms with E-state index in [2.05, 4.69) is 29.6 Å². The molecule has 0 spiro atoms. The molecule has 4 heteroatoms. The first-order valence-electron chi connectivity index (χ1n) is 6.21. The fourth-order valence-electron chi connectivity index (χ4n) is 1.73. The average Bonchev–Trinajstić information content (AvgIpc) is 2.39. The van der Waals surface area contributed by atoms with Gasteiger partial charge in [-0.15, -0.1) is 0 Å². The van der Waals surface area contributed by atoms with Gasteiger partial charge in [0.1, 0.15) is 0 Å². The van der Waals surface area contributed by atoms with Gasteiger partial charge in [-0.1, -0.05) is 31.0 Å². The minimum Gasteiger partial charge on any atom is -0.400 e. The van der Waals surface area contributed by atoms with Crippen molar-refractivity contribution in [3.8, 4) is 0 Å². The van der Waals surface area contributed by atoms with Crippen LogP contribution in [-0.4, -0.2) is 30.0 Å². The number of hydrogen-bond acceptors (Lipinski definition) is 3. The molecule has 0 saturated heterocycles. The van der Waals surface area contributed by atoms with Crippen molar-refractivity contribution in [2.75, 3.05) is 26.1 Å². The molecule has 0 unspecified atom stereocenters. The molecule has 0 aliphatic carbocycles. The maximum Gasteiger partial charge on any atom is 0.320 e. The van der Waals surface area contributed by atoms with Crippen molar-refractivity contribution >= 4 is 15.0 Å². The van der Waals surface area contributed by atoms with Crippen LogP contribution in [0.3, 0.4) is 0 Å². The smallest absolute Gasteiger partial charge is 0.320 e. The topological polar surface area (TPSA) is 30.5 Å². The van der Waals surface area contributed by atoms with Gasteiger partial charge in [0.05, 0.1) is 0 Å². The molecule has 0 aliphatic heterocycles. The molecule has 96 valence electrons. The summed E-state index contributed by atoms with van der Waals surface area (Å²) < 4.78 is 10.6. The largest absolute Gasteiger partial charge is 0.400 e. The lowest BCUT2D eigenvalue weighted by molar-refractivity contribution is 0.276. The summed E-state index contributed by atoms with van der Waals surface area (Å²) in [7, 11) is 2.17. The normalized spacial score (nSPS) is 10.8. The summed E-state index contributed by atoms with van der Waals surface area (Å²) in [6.45, 7) is 1.04. The second-order valence-electron chi connectivity index (χ2n) is 4.04. The molecule has 1 aromatic carbocycles. The zero-order valence-electron chi connectivity index (χ0n) is 10.8. The number of benzene rings is 1.